The van der Waals surface area contributed by atoms with Crippen molar-refractivity contribution in [3.05, 3.63) is 23.9 Å². The highest BCUT2D eigenvalue weighted by Crippen LogP contribution is 2.14. The third-order valence-corrected chi connectivity index (χ3v) is 4.18. The summed E-state index contributed by atoms with van der Waals surface area (Å²) >= 11 is 0. The summed E-state index contributed by atoms with van der Waals surface area (Å²) in [4.78, 5) is 20.5. The van der Waals surface area contributed by atoms with E-state index in [-0.39, 0.29) is 6.03 Å². The van der Waals surface area contributed by atoms with E-state index in [9.17, 15) is 4.79 Å². The lowest BCUT2D eigenvalue weighted by molar-refractivity contribution is 0.184. The topological polar surface area (TPSA) is 60.5 Å². The number of urea groups is 1. The predicted molar refractivity (Wildman–Crippen MR) is 93.6 cm³/mol. The van der Waals surface area contributed by atoms with Crippen molar-refractivity contribution in [2.24, 2.45) is 5.92 Å². The fourth-order valence-electron chi connectivity index (χ4n) is 2.85. The summed E-state index contributed by atoms with van der Waals surface area (Å²) in [5.41, 5.74) is 0.996. The molecule has 0 aromatic carbocycles. The Labute approximate surface area is 139 Å². The summed E-state index contributed by atoms with van der Waals surface area (Å²) in [5, 5.41) is 5.80. The molecule has 0 spiro atoms. The van der Waals surface area contributed by atoms with Gasteiger partial charge in [-0.05, 0) is 36.9 Å². The lowest BCUT2D eigenvalue weighted by atomic mass is 10.0. The van der Waals surface area contributed by atoms with Crippen LogP contribution in [0.4, 0.5) is 10.6 Å². The van der Waals surface area contributed by atoms with Crippen molar-refractivity contribution in [1.29, 1.82) is 0 Å². The molecule has 1 saturated heterocycles. The van der Waals surface area contributed by atoms with Crippen molar-refractivity contribution in [2.45, 2.75) is 26.3 Å². The molecule has 0 saturated carbocycles. The van der Waals surface area contributed by atoms with Crippen LogP contribution in [0.5, 0.6) is 0 Å². The zero-order valence-corrected chi connectivity index (χ0v) is 14.5. The van der Waals surface area contributed by atoms with Crippen LogP contribution in [0.3, 0.4) is 0 Å². The maximum atomic E-state index is 11.8. The zero-order chi connectivity index (χ0) is 16.7. The molecule has 23 heavy (non-hydrogen) atoms. The first-order chi connectivity index (χ1) is 11.0. The Morgan fingerprint density at radius 2 is 2.22 bits per heavy atom. The summed E-state index contributed by atoms with van der Waals surface area (Å²) in [5.74, 6) is 1.68. The fraction of sp³-hybridized carbons (Fsp3) is 0.647. The third kappa shape index (κ3) is 6.06. The molecule has 1 aromatic rings. The number of aromatic nitrogens is 1. The van der Waals surface area contributed by atoms with E-state index in [1.54, 1.807) is 6.20 Å². The van der Waals surface area contributed by atoms with Gasteiger partial charge in [0.15, 0.2) is 0 Å². The van der Waals surface area contributed by atoms with E-state index in [2.05, 4.69) is 27.4 Å². The highest BCUT2D eigenvalue weighted by molar-refractivity contribution is 5.73. The molecule has 2 rings (SSSR count). The van der Waals surface area contributed by atoms with Crippen LogP contribution in [-0.4, -0.2) is 56.2 Å². The van der Waals surface area contributed by atoms with Crippen LogP contribution in [0.1, 0.15) is 25.3 Å². The highest BCUT2D eigenvalue weighted by atomic mass is 16.2. The number of hydrogen-bond acceptors (Lipinski definition) is 4. The maximum Gasteiger partial charge on any atom is 0.315 e. The van der Waals surface area contributed by atoms with Crippen LogP contribution >= 0.6 is 0 Å². The highest BCUT2D eigenvalue weighted by Gasteiger charge is 2.15. The Bertz CT molecular complexity index is 488. The van der Waals surface area contributed by atoms with E-state index in [1.165, 1.54) is 12.8 Å². The number of rotatable bonds is 6. The minimum atomic E-state index is -0.119. The van der Waals surface area contributed by atoms with E-state index < -0.39 is 0 Å². The Hall–Kier alpha value is -1.82. The largest absolute Gasteiger partial charge is 0.363 e. The monoisotopic (exact) mass is 319 g/mol. The maximum absolute atomic E-state index is 11.8. The lowest BCUT2D eigenvalue weighted by Crippen LogP contribution is -2.42. The summed E-state index contributed by atoms with van der Waals surface area (Å²) < 4.78 is 0. The first-order valence-corrected chi connectivity index (χ1v) is 8.41. The second-order valence-electron chi connectivity index (χ2n) is 6.58. The summed E-state index contributed by atoms with van der Waals surface area (Å²) in [6.45, 7) is 6.70. The number of piperidine rings is 1. The van der Waals surface area contributed by atoms with Crippen molar-refractivity contribution in [2.75, 3.05) is 45.2 Å². The average Bonchev–Trinajstić information content (AvgIpc) is 2.53. The van der Waals surface area contributed by atoms with Gasteiger partial charge in [0.05, 0.1) is 0 Å². The quantitative estimate of drug-likeness (QED) is 0.837. The Balaban J connectivity index is 1.63. The standard InChI is InChI=1S/C17H29N5O/c1-14-5-4-9-22(13-14)10-8-18-17(23)20-12-15-6-7-16(19-11-15)21(2)3/h6-7,11,14H,4-5,8-10,12-13H2,1-3H3,(H2,18,20,23)/t14-/m1/s1. The van der Waals surface area contributed by atoms with Gasteiger partial charge in [-0.15, -0.1) is 0 Å². The summed E-state index contributed by atoms with van der Waals surface area (Å²) in [6, 6.07) is 3.82. The number of likely N-dealkylation sites (tertiary alicyclic amines) is 1. The number of anilines is 1. The first-order valence-electron chi connectivity index (χ1n) is 8.41. The normalized spacial score (nSPS) is 18.5. The number of carbonyl (C=O) groups is 1. The Morgan fingerprint density at radius 1 is 1.39 bits per heavy atom. The van der Waals surface area contributed by atoms with Crippen LogP contribution in [-0.2, 0) is 6.54 Å². The van der Waals surface area contributed by atoms with Gasteiger partial charge < -0.3 is 20.4 Å². The number of hydrogen-bond donors (Lipinski definition) is 2. The molecular weight excluding hydrogens is 290 g/mol. The number of amides is 2. The predicted octanol–water partition coefficient (Wildman–Crippen LogP) is 1.68. The molecule has 128 valence electrons. The van der Waals surface area contributed by atoms with E-state index in [1.807, 2.05) is 31.1 Å². The van der Waals surface area contributed by atoms with Crippen LogP contribution in [0.25, 0.3) is 0 Å². The van der Waals surface area contributed by atoms with Gasteiger partial charge in [0.2, 0.25) is 0 Å². The molecule has 6 nitrogen and oxygen atoms in total. The molecule has 1 aliphatic rings. The minimum absolute atomic E-state index is 0.119. The molecule has 1 atom stereocenters. The number of nitrogens with one attached hydrogen (secondary N) is 2. The number of nitrogens with zero attached hydrogens (tertiary/aromatic N) is 3. The van der Waals surface area contributed by atoms with E-state index in [4.69, 9.17) is 0 Å². The van der Waals surface area contributed by atoms with Gasteiger partial charge in [0, 0.05) is 46.5 Å². The third-order valence-electron chi connectivity index (χ3n) is 4.18. The molecule has 0 radical (unpaired) electrons. The molecule has 1 aromatic heterocycles. The summed E-state index contributed by atoms with van der Waals surface area (Å²) in [6.07, 6.45) is 4.39. The van der Waals surface area contributed by atoms with Gasteiger partial charge in [-0.2, -0.15) is 0 Å². The molecule has 2 amide bonds. The smallest absolute Gasteiger partial charge is 0.315 e. The Kier molecular flexibility index (Phi) is 6.65. The van der Waals surface area contributed by atoms with E-state index >= 15 is 0 Å². The molecule has 2 heterocycles. The molecule has 2 N–H and O–H groups in total. The Morgan fingerprint density at radius 3 is 2.87 bits per heavy atom. The van der Waals surface area contributed by atoms with Gasteiger partial charge in [-0.1, -0.05) is 13.0 Å². The molecule has 1 aliphatic heterocycles. The van der Waals surface area contributed by atoms with Gasteiger partial charge in [-0.25, -0.2) is 9.78 Å². The minimum Gasteiger partial charge on any atom is -0.363 e. The molecule has 0 aliphatic carbocycles. The van der Waals surface area contributed by atoms with Gasteiger partial charge in [-0.3, -0.25) is 0 Å². The fourth-order valence-corrected chi connectivity index (χ4v) is 2.85. The van der Waals surface area contributed by atoms with E-state index in [0.717, 1.165) is 36.9 Å². The second-order valence-corrected chi connectivity index (χ2v) is 6.58. The van der Waals surface area contributed by atoms with Crippen LogP contribution < -0.4 is 15.5 Å². The van der Waals surface area contributed by atoms with E-state index in [0.29, 0.717) is 13.1 Å². The second kappa shape index (κ2) is 8.72. The van der Waals surface area contributed by atoms with Gasteiger partial charge in [0.25, 0.3) is 0 Å². The van der Waals surface area contributed by atoms with Crippen molar-refractivity contribution in [3.63, 3.8) is 0 Å². The SMILES string of the molecule is C[C@@H]1CCCN(CCNC(=O)NCc2ccc(N(C)C)nc2)C1. The molecular formula is C17H29N5O. The van der Waals surface area contributed by atoms with Crippen molar-refractivity contribution in [3.8, 4) is 0 Å². The van der Waals surface area contributed by atoms with Crippen LogP contribution in [0.15, 0.2) is 18.3 Å². The number of pyridine rings is 1. The van der Waals surface area contributed by atoms with Gasteiger partial charge in [0.1, 0.15) is 5.82 Å². The number of carbonyl (C=O) groups excluding carboxylic acids is 1. The molecule has 0 bridgehead atoms. The van der Waals surface area contributed by atoms with Crippen molar-refractivity contribution < 1.29 is 4.79 Å². The lowest BCUT2D eigenvalue weighted by Gasteiger charge is -2.30. The van der Waals surface area contributed by atoms with Crippen LogP contribution in [0.2, 0.25) is 0 Å². The van der Waals surface area contributed by atoms with Crippen molar-refractivity contribution in [1.82, 2.24) is 20.5 Å². The first kappa shape index (κ1) is 17.5. The van der Waals surface area contributed by atoms with Gasteiger partial charge >= 0.3 is 6.03 Å². The van der Waals surface area contributed by atoms with Crippen molar-refractivity contribution >= 4 is 11.8 Å². The molecule has 1 fully saturated rings. The van der Waals surface area contributed by atoms with Crippen LogP contribution in [0, 0.1) is 5.92 Å². The zero-order valence-electron chi connectivity index (χ0n) is 14.5. The average molecular weight is 319 g/mol. The summed E-state index contributed by atoms with van der Waals surface area (Å²) in [7, 11) is 3.91. The molecule has 6 heteroatoms. The molecule has 0 unspecified atom stereocenters.